The minimum Gasteiger partial charge on any atom is -0.444 e. The minimum atomic E-state index is -0.471. The van der Waals surface area contributed by atoms with Crippen LogP contribution in [-0.2, 0) is 4.74 Å². The summed E-state index contributed by atoms with van der Waals surface area (Å²) in [5.74, 6) is 0.882. The Hall–Kier alpha value is -1.78. The maximum absolute atomic E-state index is 12.5. The number of ether oxygens (including phenoxy) is 1. The lowest BCUT2D eigenvalue weighted by Gasteiger charge is -2.36. The Morgan fingerprint density at radius 3 is 2.75 bits per heavy atom. The smallest absolute Gasteiger partial charge is 0.410 e. The van der Waals surface area contributed by atoms with Crippen molar-refractivity contribution in [3.05, 3.63) is 23.9 Å². The number of hydrogen-bond donors (Lipinski definition) is 1. The van der Waals surface area contributed by atoms with E-state index in [0.29, 0.717) is 6.04 Å². The van der Waals surface area contributed by atoms with E-state index in [1.165, 1.54) is 0 Å². The van der Waals surface area contributed by atoms with E-state index in [1.807, 2.05) is 37.9 Å². The van der Waals surface area contributed by atoms with E-state index in [0.717, 1.165) is 43.6 Å². The molecule has 2 atom stereocenters. The number of rotatable bonds is 4. The number of anilines is 1. The van der Waals surface area contributed by atoms with E-state index >= 15 is 0 Å². The fourth-order valence-electron chi connectivity index (χ4n) is 2.86. The monoisotopic (exact) mass is 333 g/mol. The van der Waals surface area contributed by atoms with Crippen molar-refractivity contribution in [1.29, 1.82) is 0 Å². The first-order valence-corrected chi connectivity index (χ1v) is 9.02. The Balaban J connectivity index is 2.11. The molecule has 1 saturated heterocycles. The van der Waals surface area contributed by atoms with Crippen LogP contribution in [0.15, 0.2) is 18.3 Å². The molecular weight excluding hydrogens is 302 g/mol. The van der Waals surface area contributed by atoms with Crippen molar-refractivity contribution in [3.8, 4) is 0 Å². The maximum Gasteiger partial charge on any atom is 0.410 e. The van der Waals surface area contributed by atoms with E-state index in [9.17, 15) is 4.79 Å². The number of pyridine rings is 1. The van der Waals surface area contributed by atoms with Gasteiger partial charge in [0, 0.05) is 18.8 Å². The quantitative estimate of drug-likeness (QED) is 0.863. The van der Waals surface area contributed by atoms with Gasteiger partial charge in [-0.3, -0.25) is 0 Å². The molecule has 1 fully saturated rings. The molecule has 134 valence electrons. The SMILES string of the molecule is CC[C@H](C)Nc1ccc([C@@H]2CCCCN2C(=O)OC(C)(C)C)cn1. The molecule has 0 bridgehead atoms. The number of aromatic nitrogens is 1. The van der Waals surface area contributed by atoms with E-state index in [4.69, 9.17) is 4.74 Å². The summed E-state index contributed by atoms with van der Waals surface area (Å²) in [5.41, 5.74) is 0.608. The molecule has 0 saturated carbocycles. The number of likely N-dealkylation sites (tertiary alicyclic amines) is 1. The average Bonchev–Trinajstić information content (AvgIpc) is 2.54. The summed E-state index contributed by atoms with van der Waals surface area (Å²) in [6.07, 6.45) is 5.82. The largest absolute Gasteiger partial charge is 0.444 e. The van der Waals surface area contributed by atoms with Crippen molar-refractivity contribution in [1.82, 2.24) is 9.88 Å². The topological polar surface area (TPSA) is 54.5 Å². The number of nitrogens with zero attached hydrogens (tertiary/aromatic N) is 2. The standard InChI is InChI=1S/C19H31N3O2/c1-6-14(2)21-17-11-10-15(13-20-17)16-9-7-8-12-22(16)18(23)24-19(3,4)5/h10-11,13-14,16H,6-9,12H2,1-5H3,(H,20,21)/t14-,16-/m0/s1. The van der Waals surface area contributed by atoms with Gasteiger partial charge in [0.2, 0.25) is 0 Å². The molecule has 1 aromatic rings. The highest BCUT2D eigenvalue weighted by Crippen LogP contribution is 2.32. The summed E-state index contributed by atoms with van der Waals surface area (Å²) in [6.45, 7) is 10.7. The fraction of sp³-hybridized carbons (Fsp3) is 0.684. The van der Waals surface area contributed by atoms with Gasteiger partial charge in [0.15, 0.2) is 0 Å². The molecule has 2 heterocycles. The zero-order chi connectivity index (χ0) is 17.7. The summed E-state index contributed by atoms with van der Waals surface area (Å²) < 4.78 is 5.57. The predicted molar refractivity (Wildman–Crippen MR) is 97.1 cm³/mol. The number of carbonyl (C=O) groups excluding carboxylic acids is 1. The van der Waals surface area contributed by atoms with Crippen LogP contribution in [0.25, 0.3) is 0 Å². The van der Waals surface area contributed by atoms with Gasteiger partial charge < -0.3 is 15.0 Å². The highest BCUT2D eigenvalue weighted by molar-refractivity contribution is 5.69. The first kappa shape index (κ1) is 18.6. The van der Waals surface area contributed by atoms with Crippen LogP contribution in [0, 0.1) is 0 Å². The van der Waals surface area contributed by atoms with Crippen LogP contribution in [0.2, 0.25) is 0 Å². The summed E-state index contributed by atoms with van der Waals surface area (Å²) in [4.78, 5) is 18.9. The summed E-state index contributed by atoms with van der Waals surface area (Å²) in [6, 6.07) is 4.53. The lowest BCUT2D eigenvalue weighted by atomic mass is 9.97. The Labute approximate surface area is 145 Å². The van der Waals surface area contributed by atoms with Gasteiger partial charge >= 0.3 is 6.09 Å². The Kier molecular flexibility index (Phi) is 6.08. The van der Waals surface area contributed by atoms with Crippen LogP contribution < -0.4 is 5.32 Å². The van der Waals surface area contributed by atoms with Crippen LogP contribution in [-0.4, -0.2) is 34.2 Å². The molecule has 0 aliphatic carbocycles. The zero-order valence-corrected chi connectivity index (χ0v) is 15.6. The van der Waals surface area contributed by atoms with Gasteiger partial charge in [-0.15, -0.1) is 0 Å². The fourth-order valence-corrected chi connectivity index (χ4v) is 2.86. The lowest BCUT2D eigenvalue weighted by Crippen LogP contribution is -2.41. The number of nitrogens with one attached hydrogen (secondary N) is 1. The van der Waals surface area contributed by atoms with Gasteiger partial charge in [-0.2, -0.15) is 0 Å². The van der Waals surface area contributed by atoms with Gasteiger partial charge in [0.05, 0.1) is 6.04 Å². The van der Waals surface area contributed by atoms with E-state index in [2.05, 4.69) is 30.2 Å². The van der Waals surface area contributed by atoms with Crippen LogP contribution in [0.3, 0.4) is 0 Å². The second-order valence-corrected chi connectivity index (χ2v) is 7.62. The first-order chi connectivity index (χ1) is 11.3. The molecule has 1 aromatic heterocycles. The number of amides is 1. The Morgan fingerprint density at radius 1 is 1.42 bits per heavy atom. The number of hydrogen-bond acceptors (Lipinski definition) is 4. The molecule has 1 N–H and O–H groups in total. The molecule has 5 heteroatoms. The van der Waals surface area contributed by atoms with Crippen LogP contribution in [0.1, 0.15) is 71.9 Å². The summed E-state index contributed by atoms with van der Waals surface area (Å²) in [5, 5.41) is 3.37. The van der Waals surface area contributed by atoms with Crippen molar-refractivity contribution in [3.63, 3.8) is 0 Å². The molecule has 1 aliphatic rings. The van der Waals surface area contributed by atoms with Crippen LogP contribution in [0.4, 0.5) is 10.6 Å². The molecule has 0 unspecified atom stereocenters. The van der Waals surface area contributed by atoms with Gasteiger partial charge in [0.1, 0.15) is 11.4 Å². The maximum atomic E-state index is 12.5. The second-order valence-electron chi connectivity index (χ2n) is 7.62. The third kappa shape index (κ3) is 5.11. The highest BCUT2D eigenvalue weighted by Gasteiger charge is 2.31. The van der Waals surface area contributed by atoms with Crippen molar-refractivity contribution in [2.24, 2.45) is 0 Å². The molecule has 1 aliphatic heterocycles. The number of piperidine rings is 1. The Morgan fingerprint density at radius 2 is 2.17 bits per heavy atom. The molecule has 0 spiro atoms. The van der Waals surface area contributed by atoms with Crippen LogP contribution >= 0.6 is 0 Å². The minimum absolute atomic E-state index is 0.0544. The van der Waals surface area contributed by atoms with Crippen molar-refractivity contribution in [2.45, 2.75) is 78.0 Å². The summed E-state index contributed by atoms with van der Waals surface area (Å²) >= 11 is 0. The molecule has 0 aromatic carbocycles. The normalized spacial score (nSPS) is 19.7. The zero-order valence-electron chi connectivity index (χ0n) is 15.6. The molecule has 0 radical (unpaired) electrons. The lowest BCUT2D eigenvalue weighted by molar-refractivity contribution is 0.00948. The van der Waals surface area contributed by atoms with Gasteiger partial charge in [0.25, 0.3) is 0 Å². The van der Waals surface area contributed by atoms with Gasteiger partial charge in [-0.05, 0) is 65.0 Å². The van der Waals surface area contributed by atoms with Crippen molar-refractivity contribution < 1.29 is 9.53 Å². The average molecular weight is 333 g/mol. The van der Waals surface area contributed by atoms with E-state index < -0.39 is 5.60 Å². The first-order valence-electron chi connectivity index (χ1n) is 9.02. The van der Waals surface area contributed by atoms with Crippen molar-refractivity contribution >= 4 is 11.9 Å². The molecule has 24 heavy (non-hydrogen) atoms. The third-order valence-corrected chi connectivity index (χ3v) is 4.31. The molecule has 5 nitrogen and oxygen atoms in total. The second kappa shape index (κ2) is 7.86. The molecular formula is C19H31N3O2. The van der Waals surface area contributed by atoms with E-state index in [-0.39, 0.29) is 12.1 Å². The Bertz CT molecular complexity index is 537. The van der Waals surface area contributed by atoms with Gasteiger partial charge in [-0.25, -0.2) is 9.78 Å². The predicted octanol–water partition coefficient (Wildman–Crippen LogP) is 4.75. The molecule has 2 rings (SSSR count). The number of carbonyl (C=O) groups is 1. The highest BCUT2D eigenvalue weighted by atomic mass is 16.6. The van der Waals surface area contributed by atoms with Crippen molar-refractivity contribution in [2.75, 3.05) is 11.9 Å². The van der Waals surface area contributed by atoms with Crippen LogP contribution in [0.5, 0.6) is 0 Å². The van der Waals surface area contributed by atoms with Gasteiger partial charge in [-0.1, -0.05) is 13.0 Å². The third-order valence-electron chi connectivity index (χ3n) is 4.31. The summed E-state index contributed by atoms with van der Waals surface area (Å²) in [7, 11) is 0. The van der Waals surface area contributed by atoms with E-state index in [1.54, 1.807) is 0 Å². The molecule has 1 amide bonds.